The molecule has 1 aliphatic rings. The van der Waals surface area contributed by atoms with Gasteiger partial charge in [0, 0.05) is 6.04 Å². The highest BCUT2D eigenvalue weighted by molar-refractivity contribution is 4.78. The zero-order chi connectivity index (χ0) is 10.9. The summed E-state index contributed by atoms with van der Waals surface area (Å²) in [6, 6.07) is 0.928. The van der Waals surface area contributed by atoms with Gasteiger partial charge in [0.25, 0.3) is 0 Å². The van der Waals surface area contributed by atoms with E-state index in [-0.39, 0.29) is 0 Å². The fraction of sp³-hybridized carbons (Fsp3) is 1.00. The molecule has 15 heavy (non-hydrogen) atoms. The van der Waals surface area contributed by atoms with Crippen LogP contribution in [0.4, 0.5) is 0 Å². The summed E-state index contributed by atoms with van der Waals surface area (Å²) in [5.41, 5.74) is 0. The predicted octanol–water partition coefficient (Wildman–Crippen LogP) is 4.22. The van der Waals surface area contributed by atoms with Crippen LogP contribution in [0.1, 0.15) is 71.6 Å². The van der Waals surface area contributed by atoms with Crippen molar-refractivity contribution < 1.29 is 0 Å². The van der Waals surface area contributed by atoms with Crippen molar-refractivity contribution in [3.8, 4) is 0 Å². The van der Waals surface area contributed by atoms with E-state index in [9.17, 15) is 0 Å². The monoisotopic (exact) mass is 211 g/mol. The summed E-state index contributed by atoms with van der Waals surface area (Å²) in [5, 5.41) is 0. The first-order chi connectivity index (χ1) is 7.38. The van der Waals surface area contributed by atoms with Crippen molar-refractivity contribution in [3.63, 3.8) is 0 Å². The van der Waals surface area contributed by atoms with Crippen molar-refractivity contribution in [2.24, 2.45) is 0 Å². The molecule has 1 aliphatic heterocycles. The van der Waals surface area contributed by atoms with Crippen molar-refractivity contribution >= 4 is 0 Å². The highest BCUT2D eigenvalue weighted by Crippen LogP contribution is 2.21. The Hall–Kier alpha value is -0.0400. The maximum Gasteiger partial charge on any atom is 0.00952 e. The van der Waals surface area contributed by atoms with Crippen LogP contribution in [0.5, 0.6) is 0 Å². The Bertz CT molecular complexity index is 130. The molecule has 0 saturated carbocycles. The van der Waals surface area contributed by atoms with Crippen LogP contribution in [0.2, 0.25) is 0 Å². The minimum Gasteiger partial charge on any atom is -0.300 e. The first-order valence-electron chi connectivity index (χ1n) is 7.12. The molecule has 0 aromatic rings. The molecule has 0 aromatic heterocycles. The molecule has 1 nitrogen and oxygen atoms in total. The van der Waals surface area contributed by atoms with Crippen molar-refractivity contribution in [2.45, 2.75) is 77.7 Å². The normalized spacial score (nSPS) is 17.0. The van der Waals surface area contributed by atoms with Crippen molar-refractivity contribution in [1.82, 2.24) is 4.90 Å². The van der Waals surface area contributed by atoms with Crippen LogP contribution in [-0.2, 0) is 0 Å². The van der Waals surface area contributed by atoms with Gasteiger partial charge >= 0.3 is 0 Å². The van der Waals surface area contributed by atoms with Gasteiger partial charge in [0.1, 0.15) is 0 Å². The molecule has 1 fully saturated rings. The Labute approximate surface area is 96.2 Å². The van der Waals surface area contributed by atoms with Crippen LogP contribution < -0.4 is 0 Å². The SMILES string of the molecule is CCCCCC(CCCCC)N1CCC1. The van der Waals surface area contributed by atoms with Crippen LogP contribution in [0.25, 0.3) is 0 Å². The lowest BCUT2D eigenvalue weighted by Gasteiger charge is -2.38. The zero-order valence-electron chi connectivity index (χ0n) is 10.8. The smallest absolute Gasteiger partial charge is 0.00952 e. The van der Waals surface area contributed by atoms with E-state index in [0.29, 0.717) is 0 Å². The van der Waals surface area contributed by atoms with E-state index in [0.717, 1.165) is 6.04 Å². The van der Waals surface area contributed by atoms with Crippen LogP contribution in [0.15, 0.2) is 0 Å². The molecule has 1 rings (SSSR count). The number of hydrogen-bond acceptors (Lipinski definition) is 1. The Balaban J connectivity index is 2.13. The molecule has 0 N–H and O–H groups in total. The molecule has 1 heteroatoms. The van der Waals surface area contributed by atoms with Crippen molar-refractivity contribution in [1.29, 1.82) is 0 Å². The summed E-state index contributed by atoms with van der Waals surface area (Å²) >= 11 is 0. The zero-order valence-corrected chi connectivity index (χ0v) is 10.8. The van der Waals surface area contributed by atoms with Gasteiger partial charge in [-0.15, -0.1) is 0 Å². The molecule has 0 radical (unpaired) electrons. The largest absolute Gasteiger partial charge is 0.300 e. The van der Waals surface area contributed by atoms with Gasteiger partial charge in [-0.2, -0.15) is 0 Å². The van der Waals surface area contributed by atoms with Crippen LogP contribution in [0.3, 0.4) is 0 Å². The molecule has 1 heterocycles. The van der Waals surface area contributed by atoms with Gasteiger partial charge in [0.2, 0.25) is 0 Å². The molecular weight excluding hydrogens is 182 g/mol. The van der Waals surface area contributed by atoms with E-state index in [1.54, 1.807) is 0 Å². The Kier molecular flexibility index (Phi) is 7.08. The highest BCUT2D eigenvalue weighted by atomic mass is 15.2. The average molecular weight is 211 g/mol. The Morgan fingerprint density at radius 2 is 1.40 bits per heavy atom. The number of likely N-dealkylation sites (tertiary alicyclic amines) is 1. The van der Waals surface area contributed by atoms with E-state index in [1.807, 2.05) is 0 Å². The quantitative estimate of drug-likeness (QED) is 0.516. The molecule has 0 unspecified atom stereocenters. The lowest BCUT2D eigenvalue weighted by atomic mass is 9.98. The second kappa shape index (κ2) is 8.15. The first kappa shape index (κ1) is 13.0. The molecule has 90 valence electrons. The molecule has 0 spiro atoms. The van der Waals surface area contributed by atoms with E-state index >= 15 is 0 Å². The highest BCUT2D eigenvalue weighted by Gasteiger charge is 2.22. The van der Waals surface area contributed by atoms with E-state index in [2.05, 4.69) is 18.7 Å². The minimum absolute atomic E-state index is 0.928. The summed E-state index contributed by atoms with van der Waals surface area (Å²) in [6.45, 7) is 7.36. The number of rotatable bonds is 9. The molecular formula is C14H29N. The van der Waals surface area contributed by atoms with Crippen LogP contribution >= 0.6 is 0 Å². The third kappa shape index (κ3) is 5.01. The van der Waals surface area contributed by atoms with Gasteiger partial charge in [0.05, 0.1) is 0 Å². The predicted molar refractivity (Wildman–Crippen MR) is 68.3 cm³/mol. The summed E-state index contributed by atoms with van der Waals surface area (Å²) in [7, 11) is 0. The van der Waals surface area contributed by atoms with Gasteiger partial charge < -0.3 is 4.90 Å². The van der Waals surface area contributed by atoms with E-state index < -0.39 is 0 Å². The minimum atomic E-state index is 0.928. The summed E-state index contributed by atoms with van der Waals surface area (Å²) in [4.78, 5) is 2.71. The third-order valence-electron chi connectivity index (χ3n) is 3.69. The van der Waals surface area contributed by atoms with Crippen LogP contribution in [0, 0.1) is 0 Å². The molecule has 0 atom stereocenters. The lowest BCUT2D eigenvalue weighted by molar-refractivity contribution is 0.101. The third-order valence-corrected chi connectivity index (χ3v) is 3.69. The number of hydrogen-bond donors (Lipinski definition) is 0. The number of nitrogens with zero attached hydrogens (tertiary/aromatic N) is 1. The van der Waals surface area contributed by atoms with Crippen molar-refractivity contribution in [3.05, 3.63) is 0 Å². The molecule has 0 amide bonds. The molecule has 0 aliphatic carbocycles. The molecule has 1 saturated heterocycles. The van der Waals surface area contributed by atoms with Crippen LogP contribution in [-0.4, -0.2) is 24.0 Å². The maximum absolute atomic E-state index is 2.71. The second-order valence-electron chi connectivity index (χ2n) is 5.03. The van der Waals surface area contributed by atoms with Gasteiger partial charge in [-0.05, 0) is 32.4 Å². The maximum atomic E-state index is 2.71. The Morgan fingerprint density at radius 1 is 0.867 bits per heavy atom. The standard InChI is InChI=1S/C14H29N/c1-3-5-7-10-14(11-8-6-4-2)15-12-9-13-15/h14H,3-13H2,1-2H3. The average Bonchev–Trinajstić information content (AvgIpc) is 2.15. The van der Waals surface area contributed by atoms with Gasteiger partial charge in [-0.3, -0.25) is 0 Å². The fourth-order valence-corrected chi connectivity index (χ4v) is 2.48. The summed E-state index contributed by atoms with van der Waals surface area (Å²) < 4.78 is 0. The van der Waals surface area contributed by atoms with Gasteiger partial charge in [-0.25, -0.2) is 0 Å². The lowest BCUT2D eigenvalue weighted by Crippen LogP contribution is -2.45. The van der Waals surface area contributed by atoms with Gasteiger partial charge in [0.15, 0.2) is 0 Å². The van der Waals surface area contributed by atoms with Gasteiger partial charge in [-0.1, -0.05) is 52.4 Å². The topological polar surface area (TPSA) is 3.24 Å². The Morgan fingerprint density at radius 3 is 1.73 bits per heavy atom. The second-order valence-corrected chi connectivity index (χ2v) is 5.03. The summed E-state index contributed by atoms with van der Waals surface area (Å²) in [6.07, 6.45) is 12.8. The van der Waals surface area contributed by atoms with E-state index in [4.69, 9.17) is 0 Å². The summed E-state index contributed by atoms with van der Waals surface area (Å²) in [5.74, 6) is 0. The van der Waals surface area contributed by atoms with E-state index in [1.165, 1.54) is 70.9 Å². The molecule has 0 aromatic carbocycles. The van der Waals surface area contributed by atoms with Crippen molar-refractivity contribution in [2.75, 3.05) is 13.1 Å². The number of unbranched alkanes of at least 4 members (excludes halogenated alkanes) is 4. The fourth-order valence-electron chi connectivity index (χ4n) is 2.48. The first-order valence-corrected chi connectivity index (χ1v) is 7.12. The molecule has 0 bridgehead atoms.